The van der Waals surface area contributed by atoms with Crippen molar-refractivity contribution in [1.29, 1.82) is 0 Å². The predicted octanol–water partition coefficient (Wildman–Crippen LogP) is 10.7. The third kappa shape index (κ3) is 15.2. The number of benzene rings is 2. The second-order valence-electron chi connectivity index (χ2n) is 19.7. The third-order valence-electron chi connectivity index (χ3n) is 11.1. The van der Waals surface area contributed by atoms with Gasteiger partial charge in [-0.2, -0.15) is 0 Å². The standard InChI is InChI=1S/C29H38ClF3N4O5SSi.C19H16F3N5O2S.CH4/c1-28(2,3)42-27(38)37(18-41-11-12-44(6,7)8)26-35-29(4,17-43(39,40)36(26)5)20-13-19(9-10-22(20)31)14-24(33)25-15-23(32)21(30)16-34-25;1-19(10-30(28,29)27(3)18(23)26-19)12-6-11(4-5-13(12)20)7-14(21)16-8-15(22)17(24-2)9-25-16;/h9-10,13-16H,11-12,17-18H2,1-8H3;4-9H,10H2,1,3H3,(H2,23,26);1H4/b24-14-;14-7-;/t29-;19-;/m00./s1. The van der Waals surface area contributed by atoms with E-state index in [0.717, 1.165) is 68.4 Å². The fourth-order valence-electron chi connectivity index (χ4n) is 7.11. The van der Waals surface area contributed by atoms with Gasteiger partial charge in [-0.3, -0.25) is 9.97 Å². The van der Waals surface area contributed by atoms with Crippen molar-refractivity contribution in [1.82, 2.24) is 23.5 Å². The van der Waals surface area contributed by atoms with Crippen molar-refractivity contribution in [3.63, 3.8) is 0 Å². The van der Waals surface area contributed by atoms with Crippen LogP contribution >= 0.6 is 11.6 Å². The van der Waals surface area contributed by atoms with Gasteiger partial charge >= 0.3 is 6.09 Å². The van der Waals surface area contributed by atoms with E-state index in [-0.39, 0.29) is 70.4 Å². The van der Waals surface area contributed by atoms with E-state index in [1.54, 1.807) is 20.8 Å². The van der Waals surface area contributed by atoms with E-state index >= 15 is 4.39 Å². The smallest absolute Gasteiger partial charge is 0.419 e. The van der Waals surface area contributed by atoms with Crippen molar-refractivity contribution >= 4 is 87.2 Å². The fourth-order valence-corrected chi connectivity index (χ4v) is 10.9. The number of nitrogens with two attached hydrogens (primary N) is 1. The number of guanidine groups is 2. The Morgan fingerprint density at radius 2 is 1.31 bits per heavy atom. The van der Waals surface area contributed by atoms with Crippen LogP contribution < -0.4 is 5.73 Å². The molecular weight excluding hydrogens is 1070 g/mol. The van der Waals surface area contributed by atoms with Crippen LogP contribution in [0.2, 0.25) is 30.7 Å². The summed E-state index contributed by atoms with van der Waals surface area (Å²) < 4.78 is 152. The molecule has 0 spiro atoms. The highest BCUT2D eigenvalue weighted by molar-refractivity contribution is 7.90. The van der Waals surface area contributed by atoms with Gasteiger partial charge in [0, 0.05) is 58.4 Å². The average Bonchev–Trinajstić information content (AvgIpc) is 3.28. The first-order valence-electron chi connectivity index (χ1n) is 22.2. The first-order valence-corrected chi connectivity index (χ1v) is 29.5. The number of nitrogens with zero attached hydrogens (tertiary/aromatic N) is 8. The Morgan fingerprint density at radius 3 is 1.76 bits per heavy atom. The molecule has 26 heteroatoms. The summed E-state index contributed by atoms with van der Waals surface area (Å²) in [6, 6.07) is 9.49. The van der Waals surface area contributed by atoms with E-state index in [1.165, 1.54) is 52.2 Å². The largest absolute Gasteiger partial charge is 0.443 e. The van der Waals surface area contributed by atoms with Crippen molar-refractivity contribution in [3.8, 4) is 0 Å². The molecule has 406 valence electrons. The van der Waals surface area contributed by atoms with E-state index in [1.807, 2.05) is 0 Å². The molecule has 2 atom stereocenters. The number of halogens is 7. The van der Waals surface area contributed by atoms with Gasteiger partial charge in [0.15, 0.2) is 0 Å². The zero-order valence-electron chi connectivity index (χ0n) is 41.9. The van der Waals surface area contributed by atoms with E-state index in [4.69, 9.17) is 33.4 Å². The summed E-state index contributed by atoms with van der Waals surface area (Å²) in [5.74, 6) is -7.01. The van der Waals surface area contributed by atoms with Gasteiger partial charge in [0.2, 0.25) is 37.7 Å². The van der Waals surface area contributed by atoms with Crippen molar-refractivity contribution in [2.24, 2.45) is 15.7 Å². The summed E-state index contributed by atoms with van der Waals surface area (Å²) in [5, 5.41) is -0.280. The van der Waals surface area contributed by atoms with Crippen molar-refractivity contribution in [3.05, 3.63) is 134 Å². The molecule has 2 aromatic carbocycles. The van der Waals surface area contributed by atoms with Crippen LogP contribution in [0.5, 0.6) is 0 Å². The van der Waals surface area contributed by atoms with Gasteiger partial charge < -0.3 is 15.2 Å². The maximum absolute atomic E-state index is 15.4. The van der Waals surface area contributed by atoms with E-state index < -0.39 is 97.3 Å². The minimum Gasteiger partial charge on any atom is -0.443 e. The zero-order chi connectivity index (χ0) is 55.5. The van der Waals surface area contributed by atoms with Gasteiger partial charge in [0.25, 0.3) is 0 Å². The number of rotatable bonds is 11. The fraction of sp³-hybridized carbons (Fsp3) is 0.388. The molecule has 2 aliphatic rings. The lowest BCUT2D eigenvalue weighted by molar-refractivity contribution is 0.00804. The molecule has 2 N–H and O–H groups in total. The molecule has 1 amide bonds. The maximum atomic E-state index is 15.4. The van der Waals surface area contributed by atoms with Crippen LogP contribution in [0.4, 0.5) is 36.8 Å². The monoisotopic (exact) mass is 1130 g/mol. The number of carbonyl (C=O) groups excluding carboxylic acids is 1. The number of pyridine rings is 2. The summed E-state index contributed by atoms with van der Waals surface area (Å²) in [6.07, 6.45) is 2.94. The summed E-state index contributed by atoms with van der Waals surface area (Å²) in [7, 11) is -7.00. The van der Waals surface area contributed by atoms with Crippen LogP contribution in [0.3, 0.4) is 0 Å². The number of amides is 1. The second-order valence-corrected chi connectivity index (χ2v) is 29.7. The molecule has 6 rings (SSSR count). The maximum Gasteiger partial charge on any atom is 0.419 e. The molecule has 4 heterocycles. The molecule has 16 nitrogen and oxygen atoms in total. The van der Waals surface area contributed by atoms with Gasteiger partial charge in [-0.25, -0.2) is 76.3 Å². The van der Waals surface area contributed by atoms with Crippen LogP contribution in [0, 0.1) is 29.8 Å². The normalized spacial score (nSPS) is 19.6. The first kappa shape index (κ1) is 61.2. The molecule has 2 aromatic heterocycles. The molecule has 0 aliphatic carbocycles. The predicted molar refractivity (Wildman–Crippen MR) is 281 cm³/mol. The number of hydrogen-bond donors (Lipinski definition) is 1. The van der Waals surface area contributed by atoms with Gasteiger partial charge in [0.05, 0.1) is 28.8 Å². The minimum atomic E-state index is -4.16. The molecule has 0 saturated carbocycles. The minimum absolute atomic E-state index is 0. The molecule has 0 fully saturated rings. The van der Waals surface area contributed by atoms with Crippen LogP contribution in [-0.4, -0.2) is 111 Å². The Hall–Kier alpha value is -6.33. The lowest BCUT2D eigenvalue weighted by Crippen LogP contribution is -2.56. The highest BCUT2D eigenvalue weighted by Gasteiger charge is 2.46. The second kappa shape index (κ2) is 23.3. The Bertz CT molecular complexity index is 3240. The van der Waals surface area contributed by atoms with Crippen molar-refractivity contribution in [2.45, 2.75) is 84.4 Å². The summed E-state index contributed by atoms with van der Waals surface area (Å²) in [4.78, 5) is 33.4. The Balaban J connectivity index is 0.000000342. The van der Waals surface area contributed by atoms with Crippen LogP contribution in [0.1, 0.15) is 75.7 Å². The van der Waals surface area contributed by atoms with Crippen LogP contribution in [-0.2, 0) is 40.6 Å². The highest BCUT2D eigenvalue weighted by atomic mass is 35.5. The lowest BCUT2D eigenvalue weighted by Gasteiger charge is -2.39. The number of ether oxygens (including phenoxy) is 2. The first-order chi connectivity index (χ1) is 34.1. The molecule has 75 heavy (non-hydrogen) atoms. The lowest BCUT2D eigenvalue weighted by atomic mass is 9.92. The van der Waals surface area contributed by atoms with Gasteiger partial charge in [0.1, 0.15) is 64.0 Å². The van der Waals surface area contributed by atoms with Crippen LogP contribution in [0.15, 0.2) is 70.9 Å². The number of aromatic nitrogens is 2. The van der Waals surface area contributed by atoms with Crippen LogP contribution in [0.25, 0.3) is 28.7 Å². The number of aliphatic imine (C=N–C) groups is 2. The topological polar surface area (TPSA) is 194 Å². The average molecular weight is 1130 g/mol. The Kier molecular flexibility index (Phi) is 19.0. The zero-order valence-corrected chi connectivity index (χ0v) is 45.3. The summed E-state index contributed by atoms with van der Waals surface area (Å²) in [6.45, 7) is 21.0. The highest BCUT2D eigenvalue weighted by Crippen LogP contribution is 2.37. The molecular formula is C49H58ClF6N9O7S2Si. The molecule has 0 saturated heterocycles. The molecule has 4 aromatic rings. The van der Waals surface area contributed by atoms with Crippen molar-refractivity contribution in [2.75, 3.05) is 38.9 Å². The number of sulfonamides is 2. The quantitative estimate of drug-likeness (QED) is 0.0496. The summed E-state index contributed by atoms with van der Waals surface area (Å²) in [5.41, 5.74) is 0.482. The SMILES string of the molecule is C.CN1C(N(COCC[Si](C)(C)C)C(=O)OC(C)(C)C)=N[C@](C)(c2cc(/C=C(\F)c3cc(F)c(Cl)cn3)ccc2F)CS1(=O)=O.[C-]#[N+]c1cnc(/C(F)=C/c2ccc(F)c([C@]3(C)CS(=O)(=O)N(C)C(N)=N3)c2)cc1F. The molecule has 0 radical (unpaired) electrons. The van der Waals surface area contributed by atoms with Gasteiger partial charge in [-0.05, 0) is 94.3 Å². The number of hydrogen-bond acceptors (Lipinski definition) is 12. The molecule has 2 aliphatic heterocycles. The number of carbonyl (C=O) groups is 1. The summed E-state index contributed by atoms with van der Waals surface area (Å²) >= 11 is 5.63. The van der Waals surface area contributed by atoms with E-state index in [2.05, 4.69) is 44.4 Å². The van der Waals surface area contributed by atoms with Crippen molar-refractivity contribution < 1.29 is 57.4 Å². The Labute approximate surface area is 439 Å². The van der Waals surface area contributed by atoms with Gasteiger partial charge in [-0.1, -0.05) is 50.8 Å². The van der Waals surface area contributed by atoms with Gasteiger partial charge in [-0.15, -0.1) is 0 Å². The third-order valence-corrected chi connectivity index (χ3v) is 17.0. The van der Waals surface area contributed by atoms with E-state index in [0.29, 0.717) is 6.61 Å². The molecule has 0 unspecified atom stereocenters. The van der Waals surface area contributed by atoms with E-state index in [9.17, 15) is 43.6 Å². The Morgan fingerprint density at radius 1 is 0.827 bits per heavy atom. The molecule has 0 bridgehead atoms.